The van der Waals surface area contributed by atoms with E-state index < -0.39 is 31.4 Å². The van der Waals surface area contributed by atoms with Gasteiger partial charge in [-0.05, 0) is 101 Å². The Morgan fingerprint density at radius 1 is 0.741 bits per heavy atom. The molecule has 0 amide bonds. The third-order valence-corrected chi connectivity index (χ3v) is 10.6. The van der Waals surface area contributed by atoms with Gasteiger partial charge < -0.3 is 14.4 Å². The average Bonchev–Trinajstić information content (AvgIpc) is 3.66. The smallest absolute Gasteiger partial charge is 0.216 e. The van der Waals surface area contributed by atoms with Crippen LogP contribution >= 0.6 is 0 Å². The van der Waals surface area contributed by atoms with Crippen molar-refractivity contribution in [2.24, 2.45) is 0 Å². The zero-order valence-electron chi connectivity index (χ0n) is 42.2. The first kappa shape index (κ1) is 30.8. The van der Waals surface area contributed by atoms with Gasteiger partial charge >= 0.3 is 0 Å². The summed E-state index contributed by atoms with van der Waals surface area (Å²) in [5.41, 5.74) is 9.06. The second-order valence-corrected chi connectivity index (χ2v) is 15.0. The average molecular weight is 947 g/mol. The van der Waals surface area contributed by atoms with Gasteiger partial charge in [0.15, 0.2) is 0 Å². The van der Waals surface area contributed by atoms with E-state index in [2.05, 4.69) is 17.1 Å². The Hall–Kier alpha value is -5.22. The Kier molecular flexibility index (Phi) is 9.64. The number of rotatable bonds is 7. The van der Waals surface area contributed by atoms with E-state index in [1.165, 1.54) is 6.20 Å². The van der Waals surface area contributed by atoms with Gasteiger partial charge in [0.2, 0.25) is 5.71 Å². The molecule has 0 spiro atoms. The monoisotopic (exact) mass is 947 g/mol. The molecule has 8 aromatic rings. The van der Waals surface area contributed by atoms with Crippen LogP contribution < -0.4 is 0 Å². The maximum atomic E-state index is 9.31. The van der Waals surface area contributed by atoms with E-state index in [0.29, 0.717) is 46.7 Å². The fourth-order valence-electron chi connectivity index (χ4n) is 7.84. The van der Waals surface area contributed by atoms with Gasteiger partial charge in [-0.3, -0.25) is 0 Å². The number of hydrogen-bond donors (Lipinski definition) is 0. The fraction of sp³-hybridized carbons (Fsp3) is 0.264. The molecule has 4 nitrogen and oxygen atoms in total. The molecular weight excluding hydrogens is 887 g/mol. The summed E-state index contributed by atoms with van der Waals surface area (Å²) in [6.45, 7) is 2.91. The molecule has 0 N–H and O–H groups in total. The Labute approximate surface area is 370 Å². The normalized spacial score (nSPS) is 16.7. The summed E-state index contributed by atoms with van der Waals surface area (Å²) in [7, 11) is 0. The van der Waals surface area contributed by atoms with E-state index in [0.717, 1.165) is 69.1 Å². The molecule has 5 heteroatoms. The van der Waals surface area contributed by atoms with Gasteiger partial charge in [0.05, 0.1) is 11.3 Å². The number of nitrogens with zero attached hydrogens (tertiary/aromatic N) is 3. The third kappa shape index (κ3) is 8.48. The van der Waals surface area contributed by atoms with Crippen LogP contribution in [-0.4, -0.2) is 15.0 Å². The van der Waals surface area contributed by atoms with Crippen molar-refractivity contribution < 1.29 is 36.9 Å². The Morgan fingerprint density at radius 3 is 2.24 bits per heavy atom. The number of benzene rings is 4. The van der Waals surface area contributed by atoms with Crippen LogP contribution in [0, 0.1) is 25.8 Å². The molecule has 4 heterocycles. The van der Waals surface area contributed by atoms with Crippen molar-refractivity contribution in [1.29, 1.82) is 0 Å². The SMILES string of the molecule is [2H]C([2H])([2H])c1cc(-c2[c-]ccc3c2oc2nc(-c4c(C([2H])(C)C)ccc(-c5ccccc5)c4C([2H])(C)C)ccc23)ncc1C1([2H])CCCCC1.[2H]C([2H])([2H])c1ccc(-c2[c-]cccc2)nc1.[Ir]. The van der Waals surface area contributed by atoms with Crippen LogP contribution in [0.1, 0.15) is 118 Å². The summed E-state index contributed by atoms with van der Waals surface area (Å²) >= 11 is 0. The van der Waals surface area contributed by atoms with E-state index in [-0.39, 0.29) is 31.2 Å². The van der Waals surface area contributed by atoms with Crippen molar-refractivity contribution in [3.05, 3.63) is 162 Å². The molecule has 1 aliphatic carbocycles. The fourth-order valence-corrected chi connectivity index (χ4v) is 7.84. The zero-order chi connectivity index (χ0) is 47.2. The molecule has 0 unspecified atom stereocenters. The van der Waals surface area contributed by atoms with Gasteiger partial charge in [-0.25, -0.2) is 4.98 Å². The van der Waals surface area contributed by atoms with Crippen LogP contribution in [0.5, 0.6) is 0 Å². The Balaban J connectivity index is 0.000000331. The molecule has 58 heavy (non-hydrogen) atoms. The van der Waals surface area contributed by atoms with Crippen molar-refractivity contribution in [3.8, 4) is 44.9 Å². The first-order chi connectivity index (χ1) is 31.1. The predicted octanol–water partition coefficient (Wildman–Crippen LogP) is 14.6. The van der Waals surface area contributed by atoms with Gasteiger partial charge in [-0.15, -0.1) is 54.1 Å². The summed E-state index contributed by atoms with van der Waals surface area (Å²) in [5, 5.41) is 1.56. The number of fused-ring (bicyclic) bond motifs is 3. The second-order valence-electron chi connectivity index (χ2n) is 15.0. The zero-order valence-corrected chi connectivity index (χ0v) is 35.6. The summed E-state index contributed by atoms with van der Waals surface area (Å²) in [4.78, 5) is 13.9. The molecule has 1 fully saturated rings. The molecule has 4 aromatic carbocycles. The van der Waals surface area contributed by atoms with Crippen molar-refractivity contribution >= 4 is 22.1 Å². The van der Waals surface area contributed by atoms with Gasteiger partial charge in [0, 0.05) is 55.8 Å². The van der Waals surface area contributed by atoms with E-state index >= 15 is 0 Å². The molecule has 1 saturated carbocycles. The van der Waals surface area contributed by atoms with E-state index in [9.17, 15) is 2.74 Å². The van der Waals surface area contributed by atoms with Crippen molar-refractivity contribution in [2.45, 2.75) is 91.2 Å². The van der Waals surface area contributed by atoms with Crippen LogP contribution in [0.4, 0.5) is 0 Å². The number of furan rings is 1. The number of hydrogen-bond acceptors (Lipinski definition) is 4. The maximum absolute atomic E-state index is 9.31. The summed E-state index contributed by atoms with van der Waals surface area (Å²) in [5.74, 6) is -2.98. The molecule has 0 bridgehead atoms. The van der Waals surface area contributed by atoms with Gasteiger partial charge in [-0.1, -0.05) is 124 Å². The van der Waals surface area contributed by atoms with Crippen molar-refractivity contribution in [3.63, 3.8) is 0 Å². The van der Waals surface area contributed by atoms with Crippen LogP contribution in [0.15, 0.2) is 126 Å². The minimum Gasteiger partial charge on any atom is -0.486 e. The molecule has 1 radical (unpaired) electrons. The first-order valence-electron chi connectivity index (χ1n) is 24.1. The molecule has 0 saturated heterocycles. The van der Waals surface area contributed by atoms with Crippen LogP contribution in [0.2, 0.25) is 0 Å². The van der Waals surface area contributed by atoms with Crippen molar-refractivity contribution in [1.82, 2.24) is 15.0 Å². The topological polar surface area (TPSA) is 51.8 Å². The molecule has 295 valence electrons. The number of aryl methyl sites for hydroxylation is 2. The van der Waals surface area contributed by atoms with Gasteiger partial charge in [0.25, 0.3) is 0 Å². The molecular formula is C53H51IrN3O-2. The van der Waals surface area contributed by atoms with Gasteiger partial charge in [-0.2, -0.15) is 0 Å². The van der Waals surface area contributed by atoms with Crippen LogP contribution in [0.3, 0.4) is 0 Å². The summed E-state index contributed by atoms with van der Waals surface area (Å²) in [6.07, 6.45) is 7.04. The largest absolute Gasteiger partial charge is 0.486 e. The van der Waals surface area contributed by atoms with E-state index in [1.54, 1.807) is 36.5 Å². The Bertz CT molecular complexity index is 3000. The minimum absolute atomic E-state index is 0. The molecule has 0 atom stereocenters. The third-order valence-electron chi connectivity index (χ3n) is 10.6. The maximum Gasteiger partial charge on any atom is 0.216 e. The quantitative estimate of drug-likeness (QED) is 0.149. The molecule has 1 aliphatic rings. The van der Waals surface area contributed by atoms with Crippen LogP contribution in [-0.2, 0) is 20.1 Å². The van der Waals surface area contributed by atoms with Crippen molar-refractivity contribution in [2.75, 3.05) is 0 Å². The second kappa shape index (κ2) is 18.1. The molecule has 0 aliphatic heterocycles. The van der Waals surface area contributed by atoms with Crippen LogP contribution in [0.25, 0.3) is 67.0 Å². The van der Waals surface area contributed by atoms with E-state index in [1.807, 2.05) is 107 Å². The summed E-state index contributed by atoms with van der Waals surface area (Å²) in [6, 6.07) is 40.2. The number of aromatic nitrogens is 3. The predicted molar refractivity (Wildman–Crippen MR) is 236 cm³/mol. The number of pyridine rings is 3. The van der Waals surface area contributed by atoms with Gasteiger partial charge in [0.1, 0.15) is 0 Å². The Morgan fingerprint density at radius 2 is 1.53 bits per heavy atom. The minimum atomic E-state index is -2.42. The molecule has 9 rings (SSSR count). The van der Waals surface area contributed by atoms with E-state index in [4.69, 9.17) is 24.0 Å². The summed E-state index contributed by atoms with van der Waals surface area (Å²) < 4.78 is 80.9. The molecule has 4 aromatic heterocycles. The standard InChI is InChI=1S/C41H41N2O.C12H10N.Ir/c1-25(2)30-19-20-31(28-13-8-6-9-14-28)38(26(3)4)39(30)36-22-21-33-32-17-12-18-34(40(32)44-41(33)43-36)37-23-27(5)35(24-42-37)29-15-10-7-11-16-29;1-10-7-8-12(13-9-10)11-5-3-2-4-6-11;/h6,8-9,12-14,17,19-26,29H,7,10-11,15-16H2,1-5H3;2-5,7-9H,1H3;/q2*-1;/i5D3,25D,26D,29D;1D3;. The first-order valence-corrected chi connectivity index (χ1v) is 19.6.